The van der Waals surface area contributed by atoms with Gasteiger partial charge in [0.15, 0.2) is 0 Å². The summed E-state index contributed by atoms with van der Waals surface area (Å²) < 4.78 is 0. The van der Waals surface area contributed by atoms with Crippen LogP contribution in [0.15, 0.2) is 24.3 Å². The Morgan fingerprint density at radius 3 is 2.55 bits per heavy atom. The molecule has 4 heteroatoms. The van der Waals surface area contributed by atoms with Crippen LogP contribution >= 0.6 is 11.6 Å². The molecule has 2 N–H and O–H groups in total. The molecule has 3 rings (SSSR count). The number of benzene rings is 2. The zero-order chi connectivity index (χ0) is 15.9. The van der Waals surface area contributed by atoms with Crippen molar-refractivity contribution in [3.63, 3.8) is 0 Å². The maximum atomic E-state index is 11.2. The van der Waals surface area contributed by atoms with Gasteiger partial charge >= 0.3 is 5.97 Å². The van der Waals surface area contributed by atoms with E-state index in [0.29, 0.717) is 5.02 Å². The molecule has 3 aromatic rings. The number of H-pyrrole nitrogens is 1. The summed E-state index contributed by atoms with van der Waals surface area (Å²) in [5.41, 5.74) is 5.22. The van der Waals surface area contributed by atoms with Crippen molar-refractivity contribution in [2.45, 2.75) is 33.1 Å². The number of aromatic amines is 1. The lowest BCUT2D eigenvalue weighted by molar-refractivity contribution is -0.136. The van der Waals surface area contributed by atoms with Crippen molar-refractivity contribution in [3.8, 4) is 0 Å². The number of nitrogens with one attached hydrogen (secondary N) is 1. The molecule has 0 amide bonds. The predicted octanol–water partition coefficient (Wildman–Crippen LogP) is 4.73. The minimum absolute atomic E-state index is 0.0679. The van der Waals surface area contributed by atoms with Gasteiger partial charge in [-0.25, -0.2) is 0 Å². The second-order valence-electron chi connectivity index (χ2n) is 5.51. The molecule has 3 nitrogen and oxygen atoms in total. The fourth-order valence-corrected chi connectivity index (χ4v) is 3.43. The first-order valence-corrected chi connectivity index (χ1v) is 7.89. The molecule has 0 spiro atoms. The number of halogens is 1. The van der Waals surface area contributed by atoms with Crippen LogP contribution in [0.1, 0.15) is 30.5 Å². The molecule has 22 heavy (non-hydrogen) atoms. The summed E-state index contributed by atoms with van der Waals surface area (Å²) in [4.78, 5) is 14.7. The average molecular weight is 316 g/mol. The van der Waals surface area contributed by atoms with E-state index in [-0.39, 0.29) is 6.42 Å². The van der Waals surface area contributed by atoms with Crippen LogP contribution in [0.2, 0.25) is 5.02 Å². The van der Waals surface area contributed by atoms with E-state index in [1.165, 1.54) is 0 Å². The second kappa shape index (κ2) is 5.65. The molecule has 0 saturated carbocycles. The van der Waals surface area contributed by atoms with Crippen LogP contribution in [0.4, 0.5) is 0 Å². The molecule has 0 radical (unpaired) electrons. The molecule has 2 aromatic carbocycles. The van der Waals surface area contributed by atoms with E-state index in [1.807, 2.05) is 18.2 Å². The Morgan fingerprint density at radius 2 is 1.91 bits per heavy atom. The summed E-state index contributed by atoms with van der Waals surface area (Å²) >= 11 is 6.13. The topological polar surface area (TPSA) is 53.1 Å². The average Bonchev–Trinajstić information content (AvgIpc) is 2.83. The smallest absolute Gasteiger partial charge is 0.307 e. The van der Waals surface area contributed by atoms with Crippen LogP contribution in [0.5, 0.6) is 0 Å². The van der Waals surface area contributed by atoms with E-state index >= 15 is 0 Å². The van der Waals surface area contributed by atoms with Crippen LogP contribution in [0.3, 0.4) is 0 Å². The fourth-order valence-electron chi connectivity index (χ4n) is 3.26. The molecule has 0 saturated heterocycles. The van der Waals surface area contributed by atoms with Crippen molar-refractivity contribution in [3.05, 3.63) is 46.0 Å². The number of carboxylic acid groups (broad SMARTS) is 1. The van der Waals surface area contributed by atoms with E-state index in [1.54, 1.807) is 0 Å². The van der Waals surface area contributed by atoms with E-state index in [0.717, 1.165) is 51.3 Å². The van der Waals surface area contributed by atoms with Gasteiger partial charge in [-0.3, -0.25) is 4.79 Å². The molecule has 0 aliphatic heterocycles. The number of hydrogen-bond donors (Lipinski definition) is 2. The van der Waals surface area contributed by atoms with Crippen LogP contribution in [-0.4, -0.2) is 16.1 Å². The number of aliphatic carboxylic acids is 1. The van der Waals surface area contributed by atoms with Gasteiger partial charge in [-0.2, -0.15) is 0 Å². The minimum atomic E-state index is -0.789. The lowest BCUT2D eigenvalue weighted by atomic mass is 9.92. The van der Waals surface area contributed by atoms with Crippen molar-refractivity contribution < 1.29 is 9.90 Å². The first kappa shape index (κ1) is 14.9. The number of rotatable bonds is 4. The Bertz CT molecular complexity index is 880. The first-order valence-electron chi connectivity index (χ1n) is 7.51. The molecule has 0 unspecified atom stereocenters. The molecule has 1 heterocycles. The molecular weight excluding hydrogens is 298 g/mol. The van der Waals surface area contributed by atoms with Crippen molar-refractivity contribution in [1.29, 1.82) is 0 Å². The van der Waals surface area contributed by atoms with Gasteiger partial charge in [0.2, 0.25) is 0 Å². The van der Waals surface area contributed by atoms with E-state index in [9.17, 15) is 9.90 Å². The lowest BCUT2D eigenvalue weighted by Crippen LogP contribution is -2.07. The third kappa shape index (κ3) is 2.35. The largest absolute Gasteiger partial charge is 0.481 e. The SMILES string of the molecule is CCc1cc2c([nH]c3ccc(Cl)cc32)c(CC)c1CC(=O)O. The Labute approximate surface area is 133 Å². The number of aryl methyl sites for hydroxylation is 2. The fraction of sp³-hybridized carbons (Fsp3) is 0.278. The Morgan fingerprint density at radius 1 is 1.14 bits per heavy atom. The third-order valence-corrected chi connectivity index (χ3v) is 4.47. The van der Waals surface area contributed by atoms with E-state index in [4.69, 9.17) is 11.6 Å². The minimum Gasteiger partial charge on any atom is -0.481 e. The number of fused-ring (bicyclic) bond motifs is 3. The van der Waals surface area contributed by atoms with Gasteiger partial charge in [0.25, 0.3) is 0 Å². The summed E-state index contributed by atoms with van der Waals surface area (Å²) in [6.07, 6.45) is 1.69. The molecular formula is C18H18ClNO2. The highest BCUT2D eigenvalue weighted by Gasteiger charge is 2.17. The van der Waals surface area contributed by atoms with Crippen LogP contribution in [0.25, 0.3) is 21.8 Å². The monoisotopic (exact) mass is 315 g/mol. The van der Waals surface area contributed by atoms with Crippen molar-refractivity contribution >= 4 is 39.4 Å². The van der Waals surface area contributed by atoms with Crippen LogP contribution in [-0.2, 0) is 24.1 Å². The summed E-state index contributed by atoms with van der Waals surface area (Å²) in [6.45, 7) is 4.13. The number of carbonyl (C=O) groups is 1. The zero-order valence-corrected chi connectivity index (χ0v) is 13.4. The number of aromatic nitrogens is 1. The van der Waals surface area contributed by atoms with Gasteiger partial charge in [0, 0.05) is 26.8 Å². The van der Waals surface area contributed by atoms with Crippen LogP contribution in [0, 0.1) is 0 Å². The first-order chi connectivity index (χ1) is 10.5. The van der Waals surface area contributed by atoms with E-state index < -0.39 is 5.97 Å². The maximum absolute atomic E-state index is 11.2. The Kier molecular flexibility index (Phi) is 3.83. The Balaban J connectivity index is 2.42. The molecule has 0 aliphatic rings. The highest BCUT2D eigenvalue weighted by molar-refractivity contribution is 6.31. The highest BCUT2D eigenvalue weighted by atomic mass is 35.5. The number of carboxylic acids is 1. The quantitative estimate of drug-likeness (QED) is 0.731. The highest BCUT2D eigenvalue weighted by Crippen LogP contribution is 2.34. The molecule has 114 valence electrons. The van der Waals surface area contributed by atoms with Crippen LogP contribution < -0.4 is 0 Å². The summed E-state index contributed by atoms with van der Waals surface area (Å²) in [5.74, 6) is -0.789. The van der Waals surface area contributed by atoms with Crippen molar-refractivity contribution in [2.75, 3.05) is 0 Å². The van der Waals surface area contributed by atoms with E-state index in [2.05, 4.69) is 24.9 Å². The second-order valence-corrected chi connectivity index (χ2v) is 5.94. The standard InChI is InChI=1S/C18H18ClNO2/c1-3-10-7-15-14-8-11(19)5-6-16(14)20-18(15)12(4-2)13(10)9-17(21)22/h5-8,20H,3-4,9H2,1-2H3,(H,21,22). The van der Waals surface area contributed by atoms with Gasteiger partial charge in [0.1, 0.15) is 0 Å². The van der Waals surface area contributed by atoms with Crippen molar-refractivity contribution in [1.82, 2.24) is 4.98 Å². The van der Waals surface area contributed by atoms with Gasteiger partial charge in [-0.05, 0) is 53.8 Å². The summed E-state index contributed by atoms with van der Waals surface area (Å²) in [7, 11) is 0. The third-order valence-electron chi connectivity index (χ3n) is 4.24. The van der Waals surface area contributed by atoms with Gasteiger partial charge in [-0.15, -0.1) is 0 Å². The van der Waals surface area contributed by atoms with Crippen molar-refractivity contribution in [2.24, 2.45) is 0 Å². The van der Waals surface area contributed by atoms with Gasteiger partial charge in [0.05, 0.1) is 6.42 Å². The molecule has 0 atom stereocenters. The summed E-state index contributed by atoms with van der Waals surface area (Å²) in [5, 5.41) is 12.2. The predicted molar refractivity (Wildman–Crippen MR) is 90.9 cm³/mol. The molecule has 0 aliphatic carbocycles. The maximum Gasteiger partial charge on any atom is 0.307 e. The number of hydrogen-bond acceptors (Lipinski definition) is 1. The normalized spacial score (nSPS) is 11.4. The Hall–Kier alpha value is -2.00. The van der Waals surface area contributed by atoms with Gasteiger partial charge in [-0.1, -0.05) is 25.4 Å². The van der Waals surface area contributed by atoms with Gasteiger partial charge < -0.3 is 10.1 Å². The molecule has 0 fully saturated rings. The molecule has 1 aromatic heterocycles. The zero-order valence-electron chi connectivity index (χ0n) is 12.7. The molecule has 0 bridgehead atoms. The summed E-state index contributed by atoms with van der Waals surface area (Å²) in [6, 6.07) is 7.91. The lowest BCUT2D eigenvalue weighted by Gasteiger charge is -2.13.